The van der Waals surface area contributed by atoms with Crippen LogP contribution in [-0.4, -0.2) is 24.9 Å². The molecule has 0 amide bonds. The molecule has 1 aromatic carbocycles. The molecule has 0 aliphatic rings. The molecule has 0 spiro atoms. The van der Waals surface area contributed by atoms with Gasteiger partial charge in [0, 0.05) is 0 Å². The molecule has 25 heavy (non-hydrogen) atoms. The van der Waals surface area contributed by atoms with Crippen LogP contribution in [0, 0.1) is 6.92 Å². The van der Waals surface area contributed by atoms with Gasteiger partial charge in [0.15, 0.2) is 5.16 Å². The fourth-order valence-electron chi connectivity index (χ4n) is 2.42. The van der Waals surface area contributed by atoms with Crippen molar-refractivity contribution in [3.8, 4) is 16.4 Å². The number of hydrogen-bond acceptors (Lipinski definition) is 7. The van der Waals surface area contributed by atoms with Gasteiger partial charge in [-0.2, -0.15) is 4.98 Å². The topological polar surface area (TPSA) is 69.6 Å². The van der Waals surface area contributed by atoms with Crippen molar-refractivity contribution in [2.45, 2.75) is 24.3 Å². The maximum atomic E-state index is 5.44. The van der Waals surface area contributed by atoms with E-state index in [1.54, 1.807) is 29.4 Å². The highest BCUT2D eigenvalue weighted by atomic mass is 32.2. The molecule has 3 aromatic heterocycles. The predicted molar refractivity (Wildman–Crippen MR) is 98.0 cm³/mol. The summed E-state index contributed by atoms with van der Waals surface area (Å²) in [6, 6.07) is 12.1. The summed E-state index contributed by atoms with van der Waals surface area (Å²) >= 11 is 3.13. The van der Waals surface area contributed by atoms with Crippen molar-refractivity contribution < 1.29 is 4.52 Å². The van der Waals surface area contributed by atoms with Gasteiger partial charge in [-0.1, -0.05) is 41.2 Å². The van der Waals surface area contributed by atoms with Crippen LogP contribution >= 0.6 is 23.1 Å². The van der Waals surface area contributed by atoms with Crippen molar-refractivity contribution in [2.75, 3.05) is 0 Å². The van der Waals surface area contributed by atoms with E-state index in [4.69, 9.17) is 4.52 Å². The van der Waals surface area contributed by atoms with E-state index in [2.05, 4.69) is 39.4 Å². The third kappa shape index (κ3) is 3.22. The molecule has 0 N–H and O–H groups in total. The Hall–Kier alpha value is -2.45. The Labute approximate surface area is 152 Å². The Morgan fingerprint density at radius 2 is 2.08 bits per heavy atom. The van der Waals surface area contributed by atoms with Crippen LogP contribution < -0.4 is 0 Å². The lowest BCUT2D eigenvalue weighted by atomic mass is 10.2. The average Bonchev–Trinajstić information content (AvgIpc) is 3.36. The van der Waals surface area contributed by atoms with Gasteiger partial charge in [-0.15, -0.1) is 21.5 Å². The first-order valence-corrected chi connectivity index (χ1v) is 9.48. The first-order chi connectivity index (χ1) is 12.2. The smallest absolute Gasteiger partial charge is 0.240 e. The Kier molecular flexibility index (Phi) is 4.37. The molecule has 0 radical (unpaired) electrons. The highest BCUT2D eigenvalue weighted by molar-refractivity contribution is 7.99. The minimum absolute atomic E-state index is 0.0341. The molecule has 3 heterocycles. The van der Waals surface area contributed by atoms with E-state index in [-0.39, 0.29) is 5.25 Å². The Bertz CT molecular complexity index is 977. The second kappa shape index (κ2) is 6.81. The summed E-state index contributed by atoms with van der Waals surface area (Å²) in [6.45, 7) is 4.09. The molecule has 1 atom stereocenters. The van der Waals surface area contributed by atoms with Crippen molar-refractivity contribution in [3.63, 3.8) is 0 Å². The van der Waals surface area contributed by atoms with Crippen molar-refractivity contribution in [2.24, 2.45) is 0 Å². The van der Waals surface area contributed by atoms with E-state index in [9.17, 15) is 0 Å². The Morgan fingerprint density at radius 3 is 2.88 bits per heavy atom. The summed E-state index contributed by atoms with van der Waals surface area (Å²) in [5, 5.41) is 15.1. The highest BCUT2D eigenvalue weighted by Crippen LogP contribution is 2.35. The molecule has 0 fully saturated rings. The first kappa shape index (κ1) is 16.0. The summed E-state index contributed by atoms with van der Waals surface area (Å²) < 4.78 is 7.41. The lowest BCUT2D eigenvalue weighted by molar-refractivity contribution is 0.380. The molecule has 0 aliphatic heterocycles. The second-order valence-corrected chi connectivity index (χ2v) is 7.72. The number of thiophene rings is 1. The van der Waals surface area contributed by atoms with Crippen LogP contribution in [0.2, 0.25) is 0 Å². The van der Waals surface area contributed by atoms with Gasteiger partial charge in [0.1, 0.15) is 6.33 Å². The van der Waals surface area contributed by atoms with Crippen LogP contribution in [0.1, 0.15) is 23.6 Å². The minimum Gasteiger partial charge on any atom is -0.338 e. The number of thioether (sulfide) groups is 1. The normalized spacial score (nSPS) is 12.4. The van der Waals surface area contributed by atoms with Crippen LogP contribution in [-0.2, 0) is 0 Å². The van der Waals surface area contributed by atoms with Crippen LogP contribution in [0.15, 0.2) is 57.8 Å². The third-order valence-corrected chi connectivity index (χ3v) is 5.61. The predicted octanol–water partition coefficient (Wildman–Crippen LogP) is 4.54. The average molecular weight is 369 g/mol. The molecule has 8 heteroatoms. The van der Waals surface area contributed by atoms with Gasteiger partial charge in [-0.25, -0.2) is 0 Å². The monoisotopic (exact) mass is 369 g/mol. The summed E-state index contributed by atoms with van der Waals surface area (Å²) in [7, 11) is 0. The lowest BCUT2D eigenvalue weighted by Gasteiger charge is -2.10. The van der Waals surface area contributed by atoms with Gasteiger partial charge in [0.05, 0.1) is 15.8 Å². The molecular weight excluding hydrogens is 354 g/mol. The number of para-hydroxylation sites is 1. The molecule has 0 aliphatic carbocycles. The SMILES string of the molecule is Cc1ccccc1-n1cnnc1SC(C)c1nc(-c2cccs2)no1. The molecule has 0 bridgehead atoms. The van der Waals surface area contributed by atoms with E-state index >= 15 is 0 Å². The van der Waals surface area contributed by atoms with E-state index in [0.717, 1.165) is 21.3 Å². The molecule has 4 rings (SSSR count). The quantitative estimate of drug-likeness (QED) is 0.481. The zero-order valence-corrected chi connectivity index (χ0v) is 15.3. The fraction of sp³-hybridized carbons (Fsp3) is 0.176. The third-order valence-electron chi connectivity index (χ3n) is 3.70. The van der Waals surface area contributed by atoms with E-state index in [1.807, 2.05) is 41.1 Å². The van der Waals surface area contributed by atoms with Crippen LogP contribution in [0.25, 0.3) is 16.4 Å². The van der Waals surface area contributed by atoms with Crippen LogP contribution in [0.4, 0.5) is 0 Å². The number of aryl methyl sites for hydroxylation is 1. The highest BCUT2D eigenvalue weighted by Gasteiger charge is 2.20. The Balaban J connectivity index is 1.57. The van der Waals surface area contributed by atoms with Gasteiger partial charge >= 0.3 is 0 Å². The Morgan fingerprint density at radius 1 is 1.20 bits per heavy atom. The van der Waals surface area contributed by atoms with Gasteiger partial charge in [-0.05, 0) is 36.9 Å². The number of nitrogens with zero attached hydrogens (tertiary/aromatic N) is 5. The van der Waals surface area contributed by atoms with Crippen LogP contribution in [0.3, 0.4) is 0 Å². The summed E-state index contributed by atoms with van der Waals surface area (Å²) in [4.78, 5) is 5.50. The molecule has 6 nitrogen and oxygen atoms in total. The van der Waals surface area contributed by atoms with E-state index < -0.39 is 0 Å². The number of rotatable bonds is 5. The van der Waals surface area contributed by atoms with Gasteiger partial charge in [0.2, 0.25) is 11.7 Å². The number of hydrogen-bond donors (Lipinski definition) is 0. The van der Waals surface area contributed by atoms with Crippen LogP contribution in [0.5, 0.6) is 0 Å². The number of benzene rings is 1. The molecule has 126 valence electrons. The standard InChI is InChI=1S/C17H15N5OS2/c1-11-6-3-4-7-13(11)22-10-18-20-17(22)25-12(2)16-19-15(21-23-16)14-8-5-9-24-14/h3-10,12H,1-2H3. The first-order valence-electron chi connectivity index (χ1n) is 7.72. The molecule has 1 unspecified atom stereocenters. The molecule has 0 saturated heterocycles. The molecule has 0 saturated carbocycles. The maximum Gasteiger partial charge on any atom is 0.240 e. The fourth-order valence-corrected chi connectivity index (χ4v) is 3.93. The van der Waals surface area contributed by atoms with E-state index in [1.165, 1.54) is 0 Å². The summed E-state index contributed by atoms with van der Waals surface area (Å²) in [6.07, 6.45) is 1.72. The molecule has 4 aromatic rings. The van der Waals surface area contributed by atoms with Crippen molar-refractivity contribution in [1.29, 1.82) is 0 Å². The van der Waals surface area contributed by atoms with Crippen molar-refractivity contribution >= 4 is 23.1 Å². The minimum atomic E-state index is -0.0341. The second-order valence-electron chi connectivity index (χ2n) is 5.46. The van der Waals surface area contributed by atoms with Crippen molar-refractivity contribution in [1.82, 2.24) is 24.9 Å². The number of aromatic nitrogens is 5. The summed E-state index contributed by atoms with van der Waals surface area (Å²) in [5.74, 6) is 1.20. The maximum absolute atomic E-state index is 5.44. The summed E-state index contributed by atoms with van der Waals surface area (Å²) in [5.41, 5.74) is 2.22. The van der Waals surface area contributed by atoms with Gasteiger partial charge in [0.25, 0.3) is 0 Å². The van der Waals surface area contributed by atoms with E-state index in [0.29, 0.717) is 11.7 Å². The van der Waals surface area contributed by atoms with Gasteiger partial charge < -0.3 is 4.52 Å². The zero-order valence-electron chi connectivity index (χ0n) is 13.7. The van der Waals surface area contributed by atoms with Crippen molar-refractivity contribution in [3.05, 3.63) is 59.6 Å². The van der Waals surface area contributed by atoms with Gasteiger partial charge in [-0.3, -0.25) is 4.57 Å². The lowest BCUT2D eigenvalue weighted by Crippen LogP contribution is -1.99. The molecular formula is C17H15N5OS2. The largest absolute Gasteiger partial charge is 0.338 e. The zero-order chi connectivity index (χ0) is 17.2.